The highest BCUT2D eigenvalue weighted by atomic mass is 32.1. The molecule has 1 fully saturated rings. The second kappa shape index (κ2) is 9.10. The number of aromatic nitrogens is 2. The van der Waals surface area contributed by atoms with E-state index in [1.807, 2.05) is 0 Å². The first-order chi connectivity index (χ1) is 13.5. The first kappa shape index (κ1) is 25.6. The molecule has 16 nitrogen and oxygen atoms in total. The Labute approximate surface area is 172 Å². The number of hydrogen-bond donors (Lipinski definition) is 7. The number of aromatic amines is 1. The predicted molar refractivity (Wildman–Crippen MR) is 96.4 cm³/mol. The van der Waals surface area contributed by atoms with Crippen LogP contribution in [0, 0.1) is 11.7 Å². The van der Waals surface area contributed by atoms with E-state index in [0.29, 0.717) is 0 Å². The number of phosphoric acid groups is 3. The highest BCUT2D eigenvalue weighted by Crippen LogP contribution is 2.66. The second-order valence-electron chi connectivity index (χ2n) is 5.91. The van der Waals surface area contributed by atoms with Gasteiger partial charge in [-0.15, -0.1) is 0 Å². The lowest BCUT2D eigenvalue weighted by Crippen LogP contribution is -2.34. The van der Waals surface area contributed by atoms with Crippen LogP contribution >= 0.6 is 35.7 Å². The fraction of sp³-hybridized carbons (Fsp3) is 0.600. The molecule has 0 bridgehead atoms. The summed E-state index contributed by atoms with van der Waals surface area (Å²) in [5.41, 5.74) is -0.293. The highest BCUT2D eigenvalue weighted by Gasteiger charge is 2.46. The Morgan fingerprint density at radius 3 is 2.30 bits per heavy atom. The van der Waals surface area contributed by atoms with Crippen LogP contribution in [0.2, 0.25) is 0 Å². The first-order valence-corrected chi connectivity index (χ1v) is 12.6. The quantitative estimate of drug-likeness (QED) is 0.165. The molecule has 1 aromatic rings. The van der Waals surface area contributed by atoms with E-state index < -0.39 is 60.2 Å². The molecule has 6 atom stereocenters. The molecule has 1 saturated heterocycles. The standard InChI is InChI=1S/C10H17N2O14P3S/c1-4-2-12(10(30)11-8(4)15)9-7(14)6(13)5(24-9)3-23-28(19,20)26-29(21,22)25-27(16,17)18/h2,5-7,9,13-14H,3H2,1H3,(H,19,20)(H,21,22)(H,11,15,30)(H2,16,17,18). The average Bonchev–Trinajstić information content (AvgIpc) is 2.81. The van der Waals surface area contributed by atoms with Crippen LogP contribution < -0.4 is 5.56 Å². The number of hydrogen-bond acceptors (Lipinski definition) is 11. The number of aliphatic hydroxyl groups is 2. The Morgan fingerprint density at radius 1 is 1.13 bits per heavy atom. The van der Waals surface area contributed by atoms with Crippen molar-refractivity contribution >= 4 is 35.7 Å². The maximum atomic E-state index is 11.7. The van der Waals surface area contributed by atoms with Crippen LogP contribution in [0.4, 0.5) is 0 Å². The molecule has 0 aromatic carbocycles. The van der Waals surface area contributed by atoms with E-state index in [1.165, 1.54) is 13.1 Å². The van der Waals surface area contributed by atoms with Crippen molar-refractivity contribution in [3.05, 3.63) is 26.9 Å². The number of H-pyrrole nitrogens is 1. The molecule has 1 aliphatic rings. The molecule has 1 aliphatic heterocycles. The van der Waals surface area contributed by atoms with Crippen LogP contribution in [0.1, 0.15) is 11.8 Å². The number of phosphoric ester groups is 1. The summed E-state index contributed by atoms with van der Waals surface area (Å²) in [7, 11) is -16.7. The average molecular weight is 514 g/mol. The van der Waals surface area contributed by atoms with Crippen LogP contribution in [0.3, 0.4) is 0 Å². The van der Waals surface area contributed by atoms with E-state index in [9.17, 15) is 33.6 Å². The summed E-state index contributed by atoms with van der Waals surface area (Å²) < 4.78 is 51.3. The molecular formula is C10H17N2O14P3S. The van der Waals surface area contributed by atoms with Gasteiger partial charge in [0.25, 0.3) is 5.56 Å². The minimum atomic E-state index is -5.71. The smallest absolute Gasteiger partial charge is 0.387 e. The summed E-state index contributed by atoms with van der Waals surface area (Å²) in [5, 5.41) is 20.2. The van der Waals surface area contributed by atoms with Gasteiger partial charge in [-0.1, -0.05) is 0 Å². The van der Waals surface area contributed by atoms with Gasteiger partial charge in [0.1, 0.15) is 18.3 Å². The largest absolute Gasteiger partial charge is 0.490 e. The maximum Gasteiger partial charge on any atom is 0.490 e. The van der Waals surface area contributed by atoms with Crippen LogP contribution in [-0.2, 0) is 31.6 Å². The number of aryl methyl sites for hydroxylation is 1. The van der Waals surface area contributed by atoms with E-state index in [2.05, 4.69) is 18.1 Å². The van der Waals surface area contributed by atoms with E-state index in [4.69, 9.17) is 31.6 Å². The number of aliphatic hydroxyl groups excluding tert-OH is 2. The SMILES string of the molecule is Cc1cn(C2OC(COP(=O)(O)OP(=O)(O)OP(=O)(O)O)C(O)C2O)c(=S)[nH]c1=O. The van der Waals surface area contributed by atoms with Crippen LogP contribution in [0.25, 0.3) is 0 Å². The maximum absolute atomic E-state index is 11.7. The molecule has 1 aromatic heterocycles. The molecule has 0 aliphatic carbocycles. The number of nitrogens with zero attached hydrogens (tertiary/aromatic N) is 1. The van der Waals surface area contributed by atoms with Gasteiger partial charge in [0.2, 0.25) is 0 Å². The monoisotopic (exact) mass is 514 g/mol. The molecule has 2 rings (SSSR count). The van der Waals surface area contributed by atoms with Gasteiger partial charge in [-0.2, -0.15) is 8.62 Å². The summed E-state index contributed by atoms with van der Waals surface area (Å²) >= 11 is 4.96. The van der Waals surface area contributed by atoms with Crippen molar-refractivity contribution in [2.75, 3.05) is 6.61 Å². The Kier molecular flexibility index (Phi) is 7.78. The van der Waals surface area contributed by atoms with Gasteiger partial charge in [0.15, 0.2) is 11.0 Å². The van der Waals surface area contributed by atoms with E-state index in [0.717, 1.165) is 4.57 Å². The van der Waals surface area contributed by atoms with Gasteiger partial charge >= 0.3 is 23.5 Å². The fourth-order valence-corrected chi connectivity index (χ4v) is 5.62. The third-order valence-electron chi connectivity index (χ3n) is 3.58. The summed E-state index contributed by atoms with van der Waals surface area (Å²) in [4.78, 5) is 49.3. The summed E-state index contributed by atoms with van der Waals surface area (Å²) in [6.07, 6.45) is -4.90. The second-order valence-corrected chi connectivity index (χ2v) is 10.7. The molecule has 0 saturated carbocycles. The molecule has 6 unspecified atom stereocenters. The van der Waals surface area contributed by atoms with Crippen molar-refractivity contribution < 1.29 is 61.4 Å². The Balaban J connectivity index is 2.09. The minimum Gasteiger partial charge on any atom is -0.387 e. The van der Waals surface area contributed by atoms with Gasteiger partial charge in [-0.3, -0.25) is 18.9 Å². The fourth-order valence-electron chi connectivity index (χ4n) is 2.34. The van der Waals surface area contributed by atoms with Gasteiger partial charge < -0.3 is 34.5 Å². The lowest BCUT2D eigenvalue weighted by Gasteiger charge is -2.19. The van der Waals surface area contributed by atoms with Gasteiger partial charge in [-0.25, -0.2) is 13.7 Å². The predicted octanol–water partition coefficient (Wildman–Crippen LogP) is -0.823. The number of rotatable bonds is 8. The van der Waals surface area contributed by atoms with Crippen molar-refractivity contribution in [1.29, 1.82) is 0 Å². The molecule has 172 valence electrons. The Hall–Kier alpha value is -0.610. The van der Waals surface area contributed by atoms with Crippen molar-refractivity contribution in [2.24, 2.45) is 0 Å². The lowest BCUT2D eigenvalue weighted by molar-refractivity contribution is -0.0534. The third-order valence-corrected chi connectivity index (χ3v) is 7.69. The van der Waals surface area contributed by atoms with Crippen LogP contribution in [0.5, 0.6) is 0 Å². The first-order valence-electron chi connectivity index (χ1n) is 7.63. The van der Waals surface area contributed by atoms with E-state index >= 15 is 0 Å². The topological polar surface area (TPSA) is 247 Å². The normalized spacial score (nSPS) is 28.8. The zero-order valence-corrected chi connectivity index (χ0v) is 18.2. The summed E-state index contributed by atoms with van der Waals surface area (Å²) in [6, 6.07) is 0. The Bertz CT molecular complexity index is 1050. The third kappa shape index (κ3) is 6.69. The highest BCUT2D eigenvalue weighted by molar-refractivity contribution is 7.71. The van der Waals surface area contributed by atoms with Crippen molar-refractivity contribution in [3.8, 4) is 0 Å². The molecule has 2 heterocycles. The van der Waals surface area contributed by atoms with Crippen LogP contribution in [0.15, 0.2) is 11.0 Å². The van der Waals surface area contributed by atoms with Gasteiger partial charge in [-0.05, 0) is 19.1 Å². The van der Waals surface area contributed by atoms with Crippen molar-refractivity contribution in [1.82, 2.24) is 9.55 Å². The van der Waals surface area contributed by atoms with Crippen molar-refractivity contribution in [3.63, 3.8) is 0 Å². The van der Waals surface area contributed by atoms with E-state index in [-0.39, 0.29) is 10.3 Å². The molecule has 0 radical (unpaired) electrons. The minimum absolute atomic E-state index is 0.157. The molecule has 7 N–H and O–H groups in total. The summed E-state index contributed by atoms with van der Waals surface area (Å²) in [6.45, 7) is 0.461. The molecule has 30 heavy (non-hydrogen) atoms. The molecule has 0 spiro atoms. The van der Waals surface area contributed by atoms with Gasteiger partial charge in [0, 0.05) is 11.8 Å². The zero-order chi connectivity index (χ0) is 23.1. The van der Waals surface area contributed by atoms with E-state index in [1.54, 1.807) is 0 Å². The molecule has 0 amide bonds. The summed E-state index contributed by atoms with van der Waals surface area (Å²) in [5.74, 6) is 0. The van der Waals surface area contributed by atoms with Crippen LogP contribution in [-0.4, -0.2) is 64.3 Å². The zero-order valence-electron chi connectivity index (χ0n) is 14.7. The number of ether oxygens (including phenoxy) is 1. The molecule has 20 heteroatoms. The molecular weight excluding hydrogens is 497 g/mol. The number of nitrogens with one attached hydrogen (secondary N) is 1. The van der Waals surface area contributed by atoms with Gasteiger partial charge in [0.05, 0.1) is 6.61 Å². The lowest BCUT2D eigenvalue weighted by atomic mass is 10.1. The van der Waals surface area contributed by atoms with Crippen molar-refractivity contribution in [2.45, 2.75) is 31.5 Å². The Morgan fingerprint density at radius 2 is 1.73 bits per heavy atom.